The van der Waals surface area contributed by atoms with Crippen LogP contribution in [0.25, 0.3) is 0 Å². The van der Waals surface area contributed by atoms with Gasteiger partial charge in [-0.2, -0.15) is 13.2 Å². The van der Waals surface area contributed by atoms with Gasteiger partial charge in [-0.05, 0) is 31.0 Å². The number of hydrogen-bond donors (Lipinski definition) is 1. The molecule has 0 aromatic heterocycles. The molecule has 1 heterocycles. The second kappa shape index (κ2) is 7.13. The van der Waals surface area contributed by atoms with Crippen molar-refractivity contribution >= 4 is 5.91 Å². The molecule has 0 bridgehead atoms. The van der Waals surface area contributed by atoms with E-state index in [-0.39, 0.29) is 11.9 Å². The molecular weight excluding hydrogens is 317 g/mol. The predicted octanol–water partition coefficient (Wildman–Crippen LogP) is 3.83. The van der Waals surface area contributed by atoms with Crippen molar-refractivity contribution in [3.63, 3.8) is 0 Å². The topological polar surface area (TPSA) is 32.3 Å². The van der Waals surface area contributed by atoms with Crippen LogP contribution in [0.2, 0.25) is 0 Å². The van der Waals surface area contributed by atoms with Gasteiger partial charge in [-0.3, -0.25) is 9.69 Å². The third-order valence-electron chi connectivity index (χ3n) is 4.18. The Kier molecular flexibility index (Phi) is 5.58. The summed E-state index contributed by atoms with van der Waals surface area (Å²) in [4.78, 5) is 14.2. The lowest BCUT2D eigenvalue weighted by Crippen LogP contribution is -2.50. The number of alkyl halides is 3. The van der Waals surface area contributed by atoms with E-state index in [2.05, 4.69) is 10.2 Å². The van der Waals surface area contributed by atoms with Gasteiger partial charge in [0.1, 0.15) is 0 Å². The minimum Gasteiger partial charge on any atom is -0.352 e. The van der Waals surface area contributed by atoms with Crippen LogP contribution in [-0.2, 0) is 17.5 Å². The molecule has 2 rings (SSSR count). The first kappa shape index (κ1) is 18.8. The average molecular weight is 342 g/mol. The number of halogens is 3. The molecule has 0 spiro atoms. The number of amides is 1. The Hall–Kier alpha value is -1.56. The summed E-state index contributed by atoms with van der Waals surface area (Å²) >= 11 is 0. The summed E-state index contributed by atoms with van der Waals surface area (Å²) in [6, 6.07) is 5.51. The van der Waals surface area contributed by atoms with Crippen LogP contribution >= 0.6 is 0 Å². The second-order valence-electron chi connectivity index (χ2n) is 7.50. The van der Waals surface area contributed by atoms with Crippen LogP contribution in [-0.4, -0.2) is 29.9 Å². The molecule has 3 nitrogen and oxygen atoms in total. The maximum atomic E-state index is 12.8. The number of carbonyl (C=O) groups is 1. The summed E-state index contributed by atoms with van der Waals surface area (Å²) in [5, 5.41) is 3.05. The summed E-state index contributed by atoms with van der Waals surface area (Å²) in [7, 11) is 0. The van der Waals surface area contributed by atoms with Gasteiger partial charge in [0, 0.05) is 24.5 Å². The van der Waals surface area contributed by atoms with Crippen molar-refractivity contribution in [3.8, 4) is 0 Å². The molecule has 24 heavy (non-hydrogen) atoms. The monoisotopic (exact) mass is 342 g/mol. The van der Waals surface area contributed by atoms with E-state index in [1.54, 1.807) is 6.07 Å². The molecular formula is C18H25F3N2O. The van der Waals surface area contributed by atoms with E-state index < -0.39 is 17.2 Å². The maximum absolute atomic E-state index is 12.8. The number of hydrogen-bond acceptors (Lipinski definition) is 2. The number of carbonyl (C=O) groups excluding carboxylic acids is 1. The van der Waals surface area contributed by atoms with Crippen LogP contribution in [0.4, 0.5) is 13.2 Å². The molecule has 1 atom stereocenters. The summed E-state index contributed by atoms with van der Waals surface area (Å²) in [6.07, 6.45) is -2.49. The van der Waals surface area contributed by atoms with E-state index in [0.29, 0.717) is 18.7 Å². The van der Waals surface area contributed by atoms with Crippen molar-refractivity contribution in [2.45, 2.75) is 52.4 Å². The van der Waals surface area contributed by atoms with E-state index >= 15 is 0 Å². The zero-order chi connectivity index (χ0) is 18.0. The molecule has 6 heteroatoms. The van der Waals surface area contributed by atoms with Crippen LogP contribution in [0.5, 0.6) is 0 Å². The quantitative estimate of drug-likeness (QED) is 0.905. The first-order chi connectivity index (χ1) is 11.1. The molecule has 1 N–H and O–H groups in total. The number of nitrogens with zero attached hydrogens (tertiary/aromatic N) is 1. The van der Waals surface area contributed by atoms with E-state index in [1.165, 1.54) is 12.1 Å². The molecule has 1 fully saturated rings. The van der Waals surface area contributed by atoms with Crippen molar-refractivity contribution in [3.05, 3.63) is 35.4 Å². The number of nitrogens with one attached hydrogen (secondary N) is 1. The van der Waals surface area contributed by atoms with Gasteiger partial charge in [0.15, 0.2) is 0 Å². The number of likely N-dealkylation sites (tertiary alicyclic amines) is 1. The fourth-order valence-electron chi connectivity index (χ4n) is 2.82. The SMILES string of the molecule is CC(C)(C)C(=O)NC1CCCN(Cc2cccc(C(F)(F)F)c2)C1. The maximum Gasteiger partial charge on any atom is 0.416 e. The van der Waals surface area contributed by atoms with Crippen molar-refractivity contribution in [2.24, 2.45) is 5.41 Å². The predicted molar refractivity (Wildman–Crippen MR) is 87.3 cm³/mol. The molecule has 134 valence electrons. The Morgan fingerprint density at radius 3 is 2.62 bits per heavy atom. The van der Waals surface area contributed by atoms with Gasteiger partial charge in [-0.1, -0.05) is 39.0 Å². The lowest BCUT2D eigenvalue weighted by Gasteiger charge is -2.34. The van der Waals surface area contributed by atoms with Crippen molar-refractivity contribution in [1.29, 1.82) is 0 Å². The van der Waals surface area contributed by atoms with Gasteiger partial charge in [0.2, 0.25) is 5.91 Å². The lowest BCUT2D eigenvalue weighted by atomic mass is 9.94. The highest BCUT2D eigenvalue weighted by Gasteiger charge is 2.31. The smallest absolute Gasteiger partial charge is 0.352 e. The molecule has 1 aromatic rings. The van der Waals surface area contributed by atoms with Crippen LogP contribution in [0, 0.1) is 5.41 Å². The van der Waals surface area contributed by atoms with Gasteiger partial charge in [-0.15, -0.1) is 0 Å². The van der Waals surface area contributed by atoms with E-state index in [9.17, 15) is 18.0 Å². The molecule has 0 aliphatic carbocycles. The third-order valence-corrected chi connectivity index (χ3v) is 4.18. The Labute approximate surface area is 141 Å². The fourth-order valence-corrected chi connectivity index (χ4v) is 2.82. The summed E-state index contributed by atoms with van der Waals surface area (Å²) in [6.45, 7) is 7.56. The van der Waals surface area contributed by atoms with E-state index in [1.807, 2.05) is 20.8 Å². The highest BCUT2D eigenvalue weighted by atomic mass is 19.4. The first-order valence-electron chi connectivity index (χ1n) is 8.25. The van der Waals surface area contributed by atoms with Gasteiger partial charge < -0.3 is 5.32 Å². The highest BCUT2D eigenvalue weighted by Crippen LogP contribution is 2.30. The lowest BCUT2D eigenvalue weighted by molar-refractivity contribution is -0.137. The minimum atomic E-state index is -4.32. The van der Waals surface area contributed by atoms with Crippen LogP contribution in [0.1, 0.15) is 44.7 Å². The average Bonchev–Trinajstić information content (AvgIpc) is 2.46. The molecule has 0 radical (unpaired) electrons. The molecule has 1 aromatic carbocycles. The number of rotatable bonds is 3. The van der Waals surface area contributed by atoms with E-state index in [4.69, 9.17) is 0 Å². The second-order valence-corrected chi connectivity index (χ2v) is 7.50. The molecule has 1 saturated heterocycles. The minimum absolute atomic E-state index is 0.00780. The molecule has 1 unspecified atom stereocenters. The first-order valence-corrected chi connectivity index (χ1v) is 8.25. The summed E-state index contributed by atoms with van der Waals surface area (Å²) in [5.74, 6) is 0.00780. The Balaban J connectivity index is 1.97. The number of benzene rings is 1. The molecule has 1 aliphatic heterocycles. The van der Waals surface area contributed by atoms with Gasteiger partial charge in [0.25, 0.3) is 0 Å². The zero-order valence-electron chi connectivity index (χ0n) is 14.4. The number of piperidine rings is 1. The molecule has 1 amide bonds. The standard InChI is InChI=1S/C18H25F3N2O/c1-17(2,3)16(24)22-15-8-5-9-23(12-15)11-13-6-4-7-14(10-13)18(19,20)21/h4,6-7,10,15H,5,8-9,11-12H2,1-3H3,(H,22,24). The van der Waals surface area contributed by atoms with Gasteiger partial charge >= 0.3 is 6.18 Å². The zero-order valence-corrected chi connectivity index (χ0v) is 14.4. The Morgan fingerprint density at radius 1 is 1.29 bits per heavy atom. The van der Waals surface area contributed by atoms with Gasteiger partial charge in [0.05, 0.1) is 5.56 Å². The van der Waals surface area contributed by atoms with Crippen LogP contribution < -0.4 is 5.32 Å². The Bertz CT molecular complexity index is 578. The third kappa shape index (κ3) is 5.23. The fraction of sp³-hybridized carbons (Fsp3) is 0.611. The largest absolute Gasteiger partial charge is 0.416 e. The van der Waals surface area contributed by atoms with Crippen LogP contribution in [0.15, 0.2) is 24.3 Å². The van der Waals surface area contributed by atoms with Crippen molar-refractivity contribution in [1.82, 2.24) is 10.2 Å². The summed E-state index contributed by atoms with van der Waals surface area (Å²) < 4.78 is 38.4. The van der Waals surface area contributed by atoms with Gasteiger partial charge in [-0.25, -0.2) is 0 Å². The van der Waals surface area contributed by atoms with Crippen molar-refractivity contribution in [2.75, 3.05) is 13.1 Å². The Morgan fingerprint density at radius 2 is 2.00 bits per heavy atom. The molecule has 1 aliphatic rings. The molecule has 0 saturated carbocycles. The van der Waals surface area contributed by atoms with Crippen LogP contribution in [0.3, 0.4) is 0 Å². The highest BCUT2D eigenvalue weighted by molar-refractivity contribution is 5.81. The normalized spacial score (nSPS) is 20.0. The van der Waals surface area contributed by atoms with Crippen molar-refractivity contribution < 1.29 is 18.0 Å². The summed E-state index contributed by atoms with van der Waals surface area (Å²) in [5.41, 5.74) is -0.411. The van der Waals surface area contributed by atoms with E-state index in [0.717, 1.165) is 25.5 Å².